The molecule has 27 heavy (non-hydrogen) atoms. The van der Waals surface area contributed by atoms with Crippen LogP contribution in [-0.2, 0) is 4.79 Å². The molecule has 1 amide bonds. The first kappa shape index (κ1) is 18.7. The van der Waals surface area contributed by atoms with Gasteiger partial charge in [-0.1, -0.05) is 30.3 Å². The second kappa shape index (κ2) is 8.08. The van der Waals surface area contributed by atoms with Gasteiger partial charge in [-0.3, -0.25) is 9.59 Å². The Hall–Kier alpha value is -3.08. The van der Waals surface area contributed by atoms with Gasteiger partial charge in [-0.2, -0.15) is 0 Å². The molecule has 0 aromatic heterocycles. The maximum absolute atomic E-state index is 12.7. The highest BCUT2D eigenvalue weighted by molar-refractivity contribution is 5.94. The van der Waals surface area contributed by atoms with Crippen LogP contribution in [0.3, 0.4) is 0 Å². The first-order chi connectivity index (χ1) is 13.0. The predicted molar refractivity (Wildman–Crippen MR) is 104 cm³/mol. The largest absolute Gasteiger partial charge is 0.497 e. The van der Waals surface area contributed by atoms with Gasteiger partial charge in [0.25, 0.3) is 5.91 Å². The van der Waals surface area contributed by atoms with Crippen LogP contribution in [0.2, 0.25) is 0 Å². The van der Waals surface area contributed by atoms with Crippen LogP contribution in [-0.4, -0.2) is 42.9 Å². The summed E-state index contributed by atoms with van der Waals surface area (Å²) in [6.07, 6.45) is 1.43. The molecule has 1 aliphatic heterocycles. The van der Waals surface area contributed by atoms with Crippen molar-refractivity contribution < 1.29 is 19.1 Å². The fourth-order valence-electron chi connectivity index (χ4n) is 3.04. The molecule has 1 unspecified atom stereocenters. The molecule has 1 heterocycles. The Morgan fingerprint density at radius 2 is 1.81 bits per heavy atom. The van der Waals surface area contributed by atoms with E-state index in [-0.39, 0.29) is 11.7 Å². The summed E-state index contributed by atoms with van der Waals surface area (Å²) in [4.78, 5) is 26.0. The molecule has 1 aliphatic rings. The van der Waals surface area contributed by atoms with Gasteiger partial charge in [0.15, 0.2) is 11.9 Å². The van der Waals surface area contributed by atoms with Gasteiger partial charge in [-0.25, -0.2) is 0 Å². The second-order valence-electron chi connectivity index (χ2n) is 6.52. The molecule has 5 nitrogen and oxygen atoms in total. The fourth-order valence-corrected chi connectivity index (χ4v) is 3.04. The SMILES string of the molecule is COc1ccc(C2=CCN(C(=O)C(C)Oc3cccc(C(C)=O)c3)C2)cc1. The second-order valence-corrected chi connectivity index (χ2v) is 6.52. The van der Waals surface area contributed by atoms with E-state index in [1.54, 1.807) is 43.2 Å². The Kier molecular flexibility index (Phi) is 5.60. The van der Waals surface area contributed by atoms with Crippen LogP contribution in [0.4, 0.5) is 0 Å². The van der Waals surface area contributed by atoms with E-state index >= 15 is 0 Å². The average molecular weight is 365 g/mol. The highest BCUT2D eigenvalue weighted by Gasteiger charge is 2.26. The number of ether oxygens (including phenoxy) is 2. The molecule has 0 saturated carbocycles. The van der Waals surface area contributed by atoms with Gasteiger partial charge in [-0.15, -0.1) is 0 Å². The Morgan fingerprint density at radius 3 is 2.48 bits per heavy atom. The maximum Gasteiger partial charge on any atom is 0.263 e. The van der Waals surface area contributed by atoms with E-state index in [0.717, 1.165) is 16.9 Å². The summed E-state index contributed by atoms with van der Waals surface area (Å²) >= 11 is 0. The van der Waals surface area contributed by atoms with Crippen molar-refractivity contribution >= 4 is 17.3 Å². The van der Waals surface area contributed by atoms with Crippen molar-refractivity contribution in [2.24, 2.45) is 0 Å². The van der Waals surface area contributed by atoms with Gasteiger partial charge in [0, 0.05) is 18.7 Å². The third kappa shape index (κ3) is 4.37. The molecule has 0 aliphatic carbocycles. The monoisotopic (exact) mass is 365 g/mol. The Labute approximate surface area is 159 Å². The molecule has 0 radical (unpaired) electrons. The van der Waals surface area contributed by atoms with Crippen LogP contribution in [0.15, 0.2) is 54.6 Å². The van der Waals surface area contributed by atoms with E-state index in [1.807, 2.05) is 24.3 Å². The lowest BCUT2D eigenvalue weighted by atomic mass is 10.1. The van der Waals surface area contributed by atoms with Gasteiger partial charge >= 0.3 is 0 Å². The first-order valence-corrected chi connectivity index (χ1v) is 8.88. The molecule has 2 aromatic rings. The maximum atomic E-state index is 12.7. The van der Waals surface area contributed by atoms with Gasteiger partial charge < -0.3 is 14.4 Å². The minimum absolute atomic E-state index is 0.0349. The number of benzene rings is 2. The summed E-state index contributed by atoms with van der Waals surface area (Å²) in [6, 6.07) is 14.7. The smallest absolute Gasteiger partial charge is 0.263 e. The molecular weight excluding hydrogens is 342 g/mol. The van der Waals surface area contributed by atoms with E-state index in [9.17, 15) is 9.59 Å². The lowest BCUT2D eigenvalue weighted by Gasteiger charge is -2.22. The summed E-state index contributed by atoms with van der Waals surface area (Å²) < 4.78 is 10.9. The molecule has 0 bridgehead atoms. The first-order valence-electron chi connectivity index (χ1n) is 8.88. The third-order valence-electron chi connectivity index (χ3n) is 4.59. The van der Waals surface area contributed by atoms with E-state index in [2.05, 4.69) is 6.08 Å². The number of methoxy groups -OCH3 is 1. The molecule has 140 valence electrons. The van der Waals surface area contributed by atoms with Gasteiger partial charge in [0.1, 0.15) is 11.5 Å². The predicted octanol–water partition coefficient (Wildman–Crippen LogP) is 3.59. The molecular formula is C22H23NO4. The van der Waals surface area contributed by atoms with Gasteiger partial charge in [-0.05, 0) is 49.2 Å². The van der Waals surface area contributed by atoms with Crippen LogP contribution in [0.1, 0.15) is 29.8 Å². The number of nitrogens with zero attached hydrogens (tertiary/aromatic N) is 1. The minimum Gasteiger partial charge on any atom is -0.497 e. The summed E-state index contributed by atoms with van der Waals surface area (Å²) in [7, 11) is 1.64. The quantitative estimate of drug-likeness (QED) is 0.734. The minimum atomic E-state index is -0.629. The van der Waals surface area contributed by atoms with Crippen molar-refractivity contribution in [2.75, 3.05) is 20.2 Å². The fraction of sp³-hybridized carbons (Fsp3) is 0.273. The number of Topliss-reactive ketones (excluding diaryl/α,β-unsaturated/α-hetero) is 1. The van der Waals surface area contributed by atoms with E-state index in [1.165, 1.54) is 6.92 Å². The lowest BCUT2D eigenvalue weighted by molar-refractivity contribution is -0.136. The van der Waals surface area contributed by atoms with Crippen LogP contribution in [0.5, 0.6) is 11.5 Å². The molecule has 2 aromatic carbocycles. The van der Waals surface area contributed by atoms with Crippen molar-refractivity contribution in [2.45, 2.75) is 20.0 Å². The van der Waals surface area contributed by atoms with Gasteiger partial charge in [0.2, 0.25) is 0 Å². The van der Waals surface area contributed by atoms with Crippen LogP contribution in [0, 0.1) is 0 Å². The van der Waals surface area contributed by atoms with Crippen LogP contribution in [0.25, 0.3) is 5.57 Å². The summed E-state index contributed by atoms with van der Waals surface area (Å²) in [5.74, 6) is 1.21. The van der Waals surface area contributed by atoms with Crippen molar-refractivity contribution in [3.8, 4) is 11.5 Å². The van der Waals surface area contributed by atoms with Crippen LogP contribution < -0.4 is 9.47 Å². The average Bonchev–Trinajstić information content (AvgIpc) is 3.17. The third-order valence-corrected chi connectivity index (χ3v) is 4.59. The van der Waals surface area contributed by atoms with Crippen molar-refractivity contribution in [3.63, 3.8) is 0 Å². The Morgan fingerprint density at radius 1 is 1.07 bits per heavy atom. The molecule has 0 spiro atoms. The Bertz CT molecular complexity index is 870. The number of ketones is 1. The molecule has 3 rings (SSSR count). The summed E-state index contributed by atoms with van der Waals surface area (Å²) in [5, 5.41) is 0. The van der Waals surface area contributed by atoms with Crippen molar-refractivity contribution in [1.82, 2.24) is 4.90 Å². The van der Waals surface area contributed by atoms with Gasteiger partial charge in [0.05, 0.1) is 7.11 Å². The number of rotatable bonds is 6. The van der Waals surface area contributed by atoms with Crippen molar-refractivity contribution in [3.05, 3.63) is 65.7 Å². The van der Waals surface area contributed by atoms with Crippen LogP contribution >= 0.6 is 0 Å². The summed E-state index contributed by atoms with van der Waals surface area (Å²) in [6.45, 7) is 4.34. The number of hydrogen-bond donors (Lipinski definition) is 0. The summed E-state index contributed by atoms with van der Waals surface area (Å²) in [5.41, 5.74) is 2.75. The standard InChI is InChI=1S/C22H23NO4/c1-15(24)18-5-4-6-21(13-18)27-16(2)22(25)23-12-11-19(14-23)17-7-9-20(26-3)10-8-17/h4-11,13,16H,12,14H2,1-3H3. The van der Waals surface area contributed by atoms with E-state index < -0.39 is 6.10 Å². The zero-order valence-corrected chi connectivity index (χ0v) is 15.8. The van der Waals surface area contributed by atoms with Crippen molar-refractivity contribution in [1.29, 1.82) is 0 Å². The zero-order chi connectivity index (χ0) is 19.4. The number of carbonyl (C=O) groups is 2. The molecule has 1 atom stereocenters. The molecule has 0 fully saturated rings. The van der Waals surface area contributed by atoms with E-state index in [0.29, 0.717) is 24.4 Å². The number of hydrogen-bond acceptors (Lipinski definition) is 4. The lowest BCUT2D eigenvalue weighted by Crippen LogP contribution is -2.39. The normalized spacial score (nSPS) is 14.5. The number of carbonyl (C=O) groups excluding carboxylic acids is 2. The topological polar surface area (TPSA) is 55.8 Å². The highest BCUT2D eigenvalue weighted by atomic mass is 16.5. The molecule has 0 N–H and O–H groups in total. The highest BCUT2D eigenvalue weighted by Crippen LogP contribution is 2.24. The number of amides is 1. The zero-order valence-electron chi connectivity index (χ0n) is 15.8. The Balaban J connectivity index is 1.61. The molecule has 0 saturated heterocycles. The molecule has 5 heteroatoms. The van der Waals surface area contributed by atoms with E-state index in [4.69, 9.17) is 9.47 Å².